The Morgan fingerprint density at radius 2 is 1.74 bits per heavy atom. The SMILES string of the molecule is CC(C)NC(=O)CN1CN(c2ccccc2)C2(CCN(S(=O)(=O)c3cc(Cl)ccc3Cl)CC2)C1=O. The molecule has 2 aromatic carbocycles. The van der Waals surface area contributed by atoms with Crippen molar-refractivity contribution < 1.29 is 18.0 Å². The minimum atomic E-state index is -3.90. The third-order valence-electron chi connectivity index (χ3n) is 6.43. The number of piperidine rings is 1. The van der Waals surface area contributed by atoms with Gasteiger partial charge in [-0.1, -0.05) is 41.4 Å². The fourth-order valence-electron chi connectivity index (χ4n) is 4.77. The number of carbonyl (C=O) groups is 2. The van der Waals surface area contributed by atoms with E-state index >= 15 is 0 Å². The first kappa shape index (κ1) is 25.8. The molecule has 8 nitrogen and oxygen atoms in total. The lowest BCUT2D eigenvalue weighted by atomic mass is 9.86. The second kappa shape index (κ2) is 9.97. The van der Waals surface area contributed by atoms with Gasteiger partial charge in [-0.3, -0.25) is 9.59 Å². The third-order valence-corrected chi connectivity index (χ3v) is 9.04. The van der Waals surface area contributed by atoms with E-state index in [1.165, 1.54) is 22.5 Å². The average Bonchev–Trinajstić information content (AvgIpc) is 3.07. The van der Waals surface area contributed by atoms with Crippen LogP contribution in [0.2, 0.25) is 10.0 Å². The smallest absolute Gasteiger partial charge is 0.250 e. The topological polar surface area (TPSA) is 90.0 Å². The molecule has 2 saturated heterocycles. The van der Waals surface area contributed by atoms with Crippen LogP contribution < -0.4 is 10.2 Å². The van der Waals surface area contributed by atoms with Crippen LogP contribution in [0.25, 0.3) is 0 Å². The third kappa shape index (κ3) is 5.00. The molecule has 2 aliphatic heterocycles. The number of hydrogen-bond acceptors (Lipinski definition) is 5. The number of anilines is 1. The Morgan fingerprint density at radius 3 is 2.37 bits per heavy atom. The highest BCUT2D eigenvalue weighted by atomic mass is 35.5. The predicted octanol–water partition coefficient (Wildman–Crippen LogP) is 3.35. The summed E-state index contributed by atoms with van der Waals surface area (Å²) < 4.78 is 28.0. The molecule has 0 radical (unpaired) electrons. The molecule has 0 aliphatic carbocycles. The summed E-state index contributed by atoms with van der Waals surface area (Å²) in [5.41, 5.74) is -0.0920. The van der Waals surface area contributed by atoms with Gasteiger partial charge in [0.15, 0.2) is 0 Å². The number of rotatable bonds is 6. The molecule has 0 saturated carbocycles. The van der Waals surface area contributed by atoms with Crippen molar-refractivity contribution in [3.8, 4) is 0 Å². The molecule has 0 unspecified atom stereocenters. The second-order valence-corrected chi connectivity index (χ2v) is 11.9. The van der Waals surface area contributed by atoms with E-state index in [0.717, 1.165) is 5.69 Å². The molecule has 2 aromatic rings. The van der Waals surface area contributed by atoms with E-state index < -0.39 is 15.6 Å². The second-order valence-electron chi connectivity index (χ2n) is 9.14. The lowest BCUT2D eigenvalue weighted by Gasteiger charge is -2.42. The summed E-state index contributed by atoms with van der Waals surface area (Å²) >= 11 is 12.2. The van der Waals surface area contributed by atoms with Crippen LogP contribution in [-0.2, 0) is 19.6 Å². The van der Waals surface area contributed by atoms with Crippen LogP contribution in [0, 0.1) is 0 Å². The molecule has 35 heavy (non-hydrogen) atoms. The normalized spacial score (nSPS) is 18.5. The van der Waals surface area contributed by atoms with Crippen LogP contribution in [0.15, 0.2) is 53.4 Å². The first-order valence-electron chi connectivity index (χ1n) is 11.4. The number of amides is 2. The Hall–Kier alpha value is -2.33. The van der Waals surface area contributed by atoms with Gasteiger partial charge in [-0.25, -0.2) is 8.42 Å². The molecule has 4 rings (SSSR count). The monoisotopic (exact) mass is 538 g/mol. The van der Waals surface area contributed by atoms with Gasteiger partial charge in [-0.2, -0.15) is 4.31 Å². The van der Waals surface area contributed by atoms with Gasteiger partial charge in [0.25, 0.3) is 0 Å². The molecule has 0 aromatic heterocycles. The van der Waals surface area contributed by atoms with Crippen LogP contribution in [-0.4, -0.2) is 67.3 Å². The number of hydrogen-bond donors (Lipinski definition) is 1. The van der Waals surface area contributed by atoms with Gasteiger partial charge >= 0.3 is 0 Å². The molecule has 188 valence electrons. The van der Waals surface area contributed by atoms with E-state index in [4.69, 9.17) is 23.2 Å². The van der Waals surface area contributed by atoms with Crippen molar-refractivity contribution in [3.63, 3.8) is 0 Å². The van der Waals surface area contributed by atoms with E-state index in [1.807, 2.05) is 49.1 Å². The van der Waals surface area contributed by atoms with Gasteiger partial charge in [-0.15, -0.1) is 0 Å². The van der Waals surface area contributed by atoms with Gasteiger partial charge in [0.1, 0.15) is 17.0 Å². The molecule has 1 spiro atoms. The molecule has 2 fully saturated rings. The van der Waals surface area contributed by atoms with Gasteiger partial charge in [0, 0.05) is 29.8 Å². The molecular formula is C24H28Cl2N4O4S. The van der Waals surface area contributed by atoms with E-state index in [9.17, 15) is 18.0 Å². The number of benzene rings is 2. The minimum Gasteiger partial charge on any atom is -0.352 e. The van der Waals surface area contributed by atoms with E-state index in [0.29, 0.717) is 0 Å². The summed E-state index contributed by atoms with van der Waals surface area (Å²) in [6, 6.07) is 13.8. The van der Waals surface area contributed by atoms with Crippen molar-refractivity contribution in [3.05, 3.63) is 58.6 Å². The zero-order valence-electron chi connectivity index (χ0n) is 19.6. The van der Waals surface area contributed by atoms with Gasteiger partial charge < -0.3 is 15.1 Å². The van der Waals surface area contributed by atoms with E-state index in [-0.39, 0.29) is 71.9 Å². The molecule has 2 heterocycles. The molecular weight excluding hydrogens is 511 g/mol. The van der Waals surface area contributed by atoms with Crippen molar-refractivity contribution >= 4 is 50.7 Å². The highest BCUT2D eigenvalue weighted by molar-refractivity contribution is 7.89. The van der Waals surface area contributed by atoms with Crippen LogP contribution in [0.4, 0.5) is 5.69 Å². The summed E-state index contributed by atoms with van der Waals surface area (Å²) in [6.07, 6.45) is 0.556. The fourth-order valence-corrected chi connectivity index (χ4v) is 6.95. The van der Waals surface area contributed by atoms with Crippen LogP contribution >= 0.6 is 23.2 Å². The number of nitrogens with one attached hydrogen (secondary N) is 1. The van der Waals surface area contributed by atoms with Crippen molar-refractivity contribution in [2.45, 2.75) is 43.2 Å². The van der Waals surface area contributed by atoms with Crippen LogP contribution in [0.5, 0.6) is 0 Å². The van der Waals surface area contributed by atoms with Crippen molar-refractivity contribution in [1.29, 1.82) is 0 Å². The number of nitrogens with zero attached hydrogens (tertiary/aromatic N) is 3. The lowest BCUT2D eigenvalue weighted by molar-refractivity contribution is -0.137. The summed E-state index contributed by atoms with van der Waals surface area (Å²) in [4.78, 5) is 29.6. The van der Waals surface area contributed by atoms with E-state index in [2.05, 4.69) is 5.32 Å². The number of para-hydroxylation sites is 1. The maximum Gasteiger partial charge on any atom is 0.250 e. The Bertz CT molecular complexity index is 1220. The number of halogens is 2. The highest BCUT2D eigenvalue weighted by Gasteiger charge is 2.55. The van der Waals surface area contributed by atoms with Crippen molar-refractivity contribution in [2.75, 3.05) is 31.2 Å². The molecule has 2 amide bonds. The fraction of sp³-hybridized carbons (Fsp3) is 0.417. The Balaban J connectivity index is 1.60. The van der Waals surface area contributed by atoms with Crippen LogP contribution in [0.1, 0.15) is 26.7 Å². The first-order valence-corrected chi connectivity index (χ1v) is 13.6. The molecule has 11 heteroatoms. The average molecular weight is 539 g/mol. The molecule has 2 aliphatic rings. The zero-order valence-corrected chi connectivity index (χ0v) is 21.9. The Morgan fingerprint density at radius 1 is 1.09 bits per heavy atom. The maximum absolute atomic E-state index is 13.7. The van der Waals surface area contributed by atoms with Crippen molar-refractivity contribution in [2.24, 2.45) is 0 Å². The Labute approximate surface area is 215 Å². The molecule has 0 bridgehead atoms. The largest absolute Gasteiger partial charge is 0.352 e. The lowest BCUT2D eigenvalue weighted by Crippen LogP contribution is -2.57. The summed E-state index contributed by atoms with van der Waals surface area (Å²) in [5, 5.41) is 3.20. The highest BCUT2D eigenvalue weighted by Crippen LogP contribution is 2.41. The minimum absolute atomic E-state index is 0.0360. The summed E-state index contributed by atoms with van der Waals surface area (Å²) in [5.74, 6) is -0.396. The van der Waals surface area contributed by atoms with Crippen LogP contribution in [0.3, 0.4) is 0 Å². The summed E-state index contributed by atoms with van der Waals surface area (Å²) in [7, 11) is -3.90. The van der Waals surface area contributed by atoms with Crippen molar-refractivity contribution in [1.82, 2.24) is 14.5 Å². The molecule has 1 N–H and O–H groups in total. The van der Waals surface area contributed by atoms with E-state index in [1.54, 1.807) is 4.90 Å². The molecule has 0 atom stereocenters. The Kier molecular flexibility index (Phi) is 7.33. The maximum atomic E-state index is 13.7. The standard InChI is InChI=1S/C24H28Cl2N4O4S/c1-17(2)27-22(31)15-28-16-30(19-6-4-3-5-7-19)24(23(28)32)10-12-29(13-11-24)35(33,34)21-14-18(25)8-9-20(21)26/h3-9,14,17H,10-13,15-16H2,1-2H3,(H,27,31). The first-order chi connectivity index (χ1) is 16.5. The predicted molar refractivity (Wildman–Crippen MR) is 136 cm³/mol. The summed E-state index contributed by atoms with van der Waals surface area (Å²) in [6.45, 7) is 4.19. The number of carbonyl (C=O) groups excluding carboxylic acids is 2. The van der Waals surface area contributed by atoms with Gasteiger partial charge in [0.2, 0.25) is 21.8 Å². The van der Waals surface area contributed by atoms with Gasteiger partial charge in [-0.05, 0) is 57.0 Å². The number of sulfonamides is 1. The van der Waals surface area contributed by atoms with Gasteiger partial charge in [0.05, 0.1) is 11.7 Å². The zero-order chi connectivity index (χ0) is 25.4. The quantitative estimate of drug-likeness (QED) is 0.609.